The van der Waals surface area contributed by atoms with Crippen LogP contribution in [0.5, 0.6) is 11.5 Å². The minimum absolute atomic E-state index is 0. The molecule has 0 saturated carbocycles. The fourth-order valence-corrected chi connectivity index (χ4v) is 14.4. The van der Waals surface area contributed by atoms with E-state index in [9.17, 15) is 0 Å². The van der Waals surface area contributed by atoms with Crippen molar-refractivity contribution in [2.75, 3.05) is 13.2 Å². The number of benzene rings is 8. The molecule has 0 spiro atoms. The molecule has 0 aliphatic carbocycles. The molecule has 18 rings (SSSR count). The Kier molecular flexibility index (Phi) is 19.2. The minimum Gasteiger partial charge on any atom is -0.657 e. The fourth-order valence-electron chi connectivity index (χ4n) is 14.4. The van der Waals surface area contributed by atoms with E-state index in [2.05, 4.69) is 267 Å². The maximum Gasteiger partial charge on any atom is 2.00 e. The number of nitrogens with zero attached hydrogens (tertiary/aromatic N) is 8. The second-order valence-electron chi connectivity index (χ2n) is 25.7. The molecule has 0 amide bonds. The van der Waals surface area contributed by atoms with E-state index >= 15 is 0 Å². The molecular formula is C93H64N8O2Zn2. The summed E-state index contributed by atoms with van der Waals surface area (Å²) in [5, 5.41) is 0. The zero-order valence-corrected chi connectivity index (χ0v) is 63.5. The van der Waals surface area contributed by atoms with E-state index in [0.717, 1.165) is 209 Å². The Morgan fingerprint density at radius 3 is 0.543 bits per heavy atom. The maximum absolute atomic E-state index is 6.44. The van der Waals surface area contributed by atoms with Crippen LogP contribution in [0.3, 0.4) is 0 Å². The van der Waals surface area contributed by atoms with Crippen LogP contribution in [0.15, 0.2) is 279 Å². The molecule has 12 heteroatoms. The van der Waals surface area contributed by atoms with Crippen molar-refractivity contribution in [2.24, 2.45) is 0 Å². The number of ether oxygens (including phenoxy) is 2. The van der Waals surface area contributed by atoms with Crippen LogP contribution in [-0.2, 0) is 39.0 Å². The van der Waals surface area contributed by atoms with Crippen molar-refractivity contribution < 1.29 is 48.4 Å². The van der Waals surface area contributed by atoms with Gasteiger partial charge in [0.05, 0.1) is 58.8 Å². The predicted octanol–water partition coefficient (Wildman–Crippen LogP) is 22.1. The van der Waals surface area contributed by atoms with Gasteiger partial charge >= 0.3 is 39.0 Å². The van der Waals surface area contributed by atoms with E-state index in [1.165, 1.54) is 0 Å². The molecular weight excluding hydrogens is 1390 g/mol. The molecule has 10 heterocycles. The zero-order valence-electron chi connectivity index (χ0n) is 57.5. The Morgan fingerprint density at radius 2 is 0.362 bits per heavy atom. The molecule has 8 aromatic carbocycles. The van der Waals surface area contributed by atoms with Crippen molar-refractivity contribution in [2.45, 2.75) is 19.3 Å². The number of fused-ring (bicyclic) bond motifs is 16. The Labute approximate surface area is 634 Å². The van der Waals surface area contributed by atoms with Gasteiger partial charge in [0.15, 0.2) is 0 Å². The molecule has 0 N–H and O–H groups in total. The molecule has 4 aliphatic heterocycles. The fraction of sp³-hybridized carbons (Fsp3) is 0.0538. The van der Waals surface area contributed by atoms with Crippen molar-refractivity contribution in [3.8, 4) is 101 Å². The van der Waals surface area contributed by atoms with Gasteiger partial charge in [-0.1, -0.05) is 255 Å². The summed E-state index contributed by atoms with van der Waals surface area (Å²) in [6.45, 7) is 1.13. The van der Waals surface area contributed by atoms with Gasteiger partial charge in [-0.05, 0) is 181 Å². The van der Waals surface area contributed by atoms with Crippen molar-refractivity contribution in [3.05, 3.63) is 325 Å². The summed E-state index contributed by atoms with van der Waals surface area (Å²) >= 11 is 0. The molecule has 6 aromatic heterocycles. The van der Waals surface area contributed by atoms with Gasteiger partial charge in [-0.25, -0.2) is 19.9 Å². The minimum atomic E-state index is 0. The summed E-state index contributed by atoms with van der Waals surface area (Å²) < 4.78 is 12.9. The molecule has 0 saturated heterocycles. The van der Waals surface area contributed by atoms with Gasteiger partial charge in [0, 0.05) is 0 Å². The number of aromatic nitrogens is 8. The van der Waals surface area contributed by atoms with E-state index < -0.39 is 0 Å². The number of rotatable bonds is 16. The maximum atomic E-state index is 6.44. The first-order chi connectivity index (χ1) is 51.0. The molecule has 105 heavy (non-hydrogen) atoms. The third-order valence-corrected chi connectivity index (χ3v) is 19.2. The average Bonchev–Trinajstić information content (AvgIpc) is 1.62. The van der Waals surface area contributed by atoms with Crippen molar-refractivity contribution >= 4 is 92.7 Å². The normalized spacial score (nSPS) is 11.9. The molecule has 492 valence electrons. The van der Waals surface area contributed by atoms with Gasteiger partial charge in [-0.3, -0.25) is 0 Å². The van der Waals surface area contributed by atoms with Crippen LogP contribution in [0.2, 0.25) is 0 Å². The average molecular weight is 1460 g/mol. The summed E-state index contributed by atoms with van der Waals surface area (Å²) in [7, 11) is 0. The first-order valence-electron chi connectivity index (χ1n) is 35.0. The summed E-state index contributed by atoms with van der Waals surface area (Å²) in [5.74, 6) is 1.58. The third kappa shape index (κ3) is 13.5. The molecule has 10 nitrogen and oxygen atoms in total. The molecule has 4 aliphatic rings. The predicted molar refractivity (Wildman–Crippen MR) is 422 cm³/mol. The van der Waals surface area contributed by atoms with Crippen LogP contribution < -0.4 is 29.4 Å². The third-order valence-electron chi connectivity index (χ3n) is 19.2. The molecule has 14 aromatic rings. The largest absolute Gasteiger partial charge is 2.00 e. The van der Waals surface area contributed by atoms with Crippen molar-refractivity contribution in [1.82, 2.24) is 39.9 Å². The van der Waals surface area contributed by atoms with Crippen LogP contribution >= 0.6 is 0 Å². The first kappa shape index (κ1) is 67.3. The van der Waals surface area contributed by atoms with Gasteiger partial charge < -0.3 is 29.4 Å². The van der Waals surface area contributed by atoms with Crippen molar-refractivity contribution in [1.29, 1.82) is 0 Å². The summed E-state index contributed by atoms with van der Waals surface area (Å²) in [4.78, 5) is 43.5. The summed E-state index contributed by atoms with van der Waals surface area (Å²) in [6, 6.07) is 95.9. The van der Waals surface area contributed by atoms with Gasteiger partial charge in [-0.2, -0.15) is 0 Å². The topological polar surface area (TPSA) is 126 Å². The van der Waals surface area contributed by atoms with Gasteiger partial charge in [0.2, 0.25) is 0 Å². The Morgan fingerprint density at radius 1 is 0.190 bits per heavy atom. The van der Waals surface area contributed by atoms with E-state index in [-0.39, 0.29) is 39.0 Å². The number of hydrogen-bond acceptors (Lipinski definition) is 6. The van der Waals surface area contributed by atoms with Gasteiger partial charge in [0.25, 0.3) is 0 Å². The molecule has 0 radical (unpaired) electrons. The quantitative estimate of drug-likeness (QED) is 0.0682. The molecule has 0 fully saturated rings. The van der Waals surface area contributed by atoms with E-state index in [1.54, 1.807) is 0 Å². The monoisotopic (exact) mass is 1450 g/mol. The van der Waals surface area contributed by atoms with E-state index in [0.29, 0.717) is 13.2 Å². The Balaban J connectivity index is 0.00000424. The molecule has 16 bridgehead atoms. The smallest absolute Gasteiger partial charge is 0.657 e. The van der Waals surface area contributed by atoms with Gasteiger partial charge in [0.1, 0.15) is 11.5 Å². The van der Waals surface area contributed by atoms with Gasteiger partial charge in [-0.15, -0.1) is 44.1 Å². The summed E-state index contributed by atoms with van der Waals surface area (Å²) in [6.07, 6.45) is 19.5. The first-order valence-corrected chi connectivity index (χ1v) is 35.0. The summed E-state index contributed by atoms with van der Waals surface area (Å²) in [5.41, 5.74) is 28.7. The van der Waals surface area contributed by atoms with Crippen LogP contribution in [0.1, 0.15) is 64.8 Å². The van der Waals surface area contributed by atoms with Crippen LogP contribution in [-0.4, -0.2) is 33.1 Å². The van der Waals surface area contributed by atoms with Crippen molar-refractivity contribution in [3.63, 3.8) is 0 Å². The Bertz CT molecular complexity index is 5600. The van der Waals surface area contributed by atoms with E-state index in [4.69, 9.17) is 49.3 Å². The van der Waals surface area contributed by atoms with E-state index in [1.807, 2.05) is 60.7 Å². The zero-order chi connectivity index (χ0) is 68.4. The molecule has 0 atom stereocenters. The second kappa shape index (κ2) is 30.0. The second-order valence-corrected chi connectivity index (χ2v) is 25.7. The molecule has 0 unspecified atom stereocenters. The van der Waals surface area contributed by atoms with Crippen LogP contribution in [0.4, 0.5) is 0 Å². The van der Waals surface area contributed by atoms with Crippen LogP contribution in [0.25, 0.3) is 182 Å². The SMILES string of the molecule is C1=Cc2nc1c(-c1ccccc1)c1ccc([n-]1)c(-c1ccccc1)c1nc(c(-c3ccc(OCCCCCOc4ccc(-c5c6nc(c(-c7ccccc7)c7ccc([n-]7)c(-c7ccccc7)c7nc(c(-c8ccccc8)c8ccc5[n-]8)C=C7)C=C6)cc4)cc3)c3ccc([n-]3)c2-c2ccccc2)C=C1.[Zn+2].[Zn+2]. The number of hydrogen-bond donors (Lipinski definition) is 0. The standard InChI is InChI=1S/C93H64N8O2.2Zn/c1-8-22-60(23-9-1)86-70-42-46-74(94-70)88(62-26-12-3-13-27-62)78-50-54-82(98-78)92(83-55-51-79(99-83)89(63-28-14-4-15-29-63)75-47-43-71(86)95-75)66-34-38-68(39-35-66)102-58-20-7-21-59-103-69-40-36-67(37-41-69)93-84-56-52-80(100-84)90(64-30-16-5-17-31-64)76-48-44-72(96-76)87(61-24-10-2-11-25-61)73-45-49-77(97-73)91(65-32-18-6-19-33-65)81-53-57-85(93)101-81;;/h1-6,8-19,22-57H,7,20-21,58-59H2;;/q-4;2*+2. The number of unbranched alkanes of at least 4 members (excludes halogenated alkanes) is 2. The Hall–Kier alpha value is -12.2. The van der Waals surface area contributed by atoms with Crippen LogP contribution in [0, 0.1) is 0 Å².